The summed E-state index contributed by atoms with van der Waals surface area (Å²) in [6, 6.07) is 14.8. The highest BCUT2D eigenvalue weighted by atomic mass is 19.2. The monoisotopic (exact) mass is 454 g/mol. The molecule has 1 saturated heterocycles. The van der Waals surface area contributed by atoms with Crippen LogP contribution in [0.5, 0.6) is 5.75 Å². The van der Waals surface area contributed by atoms with Gasteiger partial charge in [-0.15, -0.1) is 0 Å². The van der Waals surface area contributed by atoms with Gasteiger partial charge in [0.2, 0.25) is 5.82 Å². The lowest BCUT2D eigenvalue weighted by Gasteiger charge is -2.28. The fourth-order valence-corrected chi connectivity index (χ4v) is 3.87. The number of hydrogen-bond acceptors (Lipinski definition) is 3. The van der Waals surface area contributed by atoms with E-state index in [0.717, 1.165) is 5.56 Å². The summed E-state index contributed by atoms with van der Waals surface area (Å²) in [5, 5.41) is 0. The molecule has 0 atom stereocenters. The molecule has 0 spiro atoms. The molecule has 0 N–H and O–H groups in total. The predicted molar refractivity (Wildman–Crippen MR) is 122 cm³/mol. The molecule has 0 amide bonds. The van der Waals surface area contributed by atoms with E-state index >= 15 is 0 Å². The zero-order valence-electron chi connectivity index (χ0n) is 18.5. The number of hydrogen-bond donors (Lipinski definition) is 0. The predicted octanol–water partition coefficient (Wildman–Crippen LogP) is 6.87. The van der Waals surface area contributed by atoms with E-state index in [1.165, 1.54) is 18.2 Å². The van der Waals surface area contributed by atoms with Crippen molar-refractivity contribution in [1.82, 2.24) is 0 Å². The van der Waals surface area contributed by atoms with Crippen molar-refractivity contribution in [3.05, 3.63) is 89.8 Å². The Kier molecular flexibility index (Phi) is 7.16. The Morgan fingerprint density at radius 1 is 0.879 bits per heavy atom. The summed E-state index contributed by atoms with van der Waals surface area (Å²) in [5.74, 6) is -2.60. The molecule has 0 bridgehead atoms. The molecule has 0 unspecified atom stereocenters. The Bertz CT molecular complexity index is 1130. The lowest BCUT2D eigenvalue weighted by atomic mass is 9.95. The van der Waals surface area contributed by atoms with Crippen LogP contribution in [0.2, 0.25) is 0 Å². The van der Waals surface area contributed by atoms with Crippen LogP contribution in [0.25, 0.3) is 22.3 Å². The van der Waals surface area contributed by atoms with Crippen molar-refractivity contribution in [2.75, 3.05) is 19.8 Å². The Hall–Kier alpha value is -3.09. The van der Waals surface area contributed by atoms with Gasteiger partial charge in [-0.2, -0.15) is 4.39 Å². The molecule has 3 aromatic rings. The minimum atomic E-state index is -1.01. The van der Waals surface area contributed by atoms with Crippen molar-refractivity contribution in [3.8, 4) is 28.0 Å². The lowest BCUT2D eigenvalue weighted by molar-refractivity contribution is -0.159. The zero-order chi connectivity index (χ0) is 23.4. The molecule has 172 valence electrons. The normalized spacial score (nSPS) is 18.6. The molecule has 0 aromatic heterocycles. The van der Waals surface area contributed by atoms with Gasteiger partial charge in [-0.05, 0) is 60.4 Å². The van der Waals surface area contributed by atoms with Crippen molar-refractivity contribution in [2.45, 2.75) is 26.1 Å². The van der Waals surface area contributed by atoms with E-state index < -0.39 is 11.6 Å². The van der Waals surface area contributed by atoms with E-state index in [1.54, 1.807) is 37.3 Å². The Balaban J connectivity index is 1.52. The van der Waals surface area contributed by atoms with E-state index in [1.807, 2.05) is 25.1 Å². The van der Waals surface area contributed by atoms with Gasteiger partial charge >= 0.3 is 0 Å². The quantitative estimate of drug-likeness (QED) is 0.381. The fourth-order valence-electron chi connectivity index (χ4n) is 3.87. The molecule has 6 heteroatoms. The Labute approximate surface area is 191 Å². The molecule has 0 radical (unpaired) electrons. The van der Waals surface area contributed by atoms with Crippen LogP contribution in [0.3, 0.4) is 0 Å². The third-order valence-corrected chi connectivity index (χ3v) is 5.59. The average molecular weight is 454 g/mol. The molecule has 33 heavy (non-hydrogen) atoms. The summed E-state index contributed by atoms with van der Waals surface area (Å²) in [6.45, 7) is 4.60. The van der Waals surface area contributed by atoms with Crippen molar-refractivity contribution in [3.63, 3.8) is 0 Å². The van der Waals surface area contributed by atoms with Gasteiger partial charge in [0.15, 0.2) is 17.9 Å². The molecule has 1 fully saturated rings. The van der Waals surface area contributed by atoms with E-state index in [2.05, 4.69) is 0 Å². The standard InChI is InChI=1S/C27H25F3O3/c1-3-5-25-32-15-20(16-33-25)21-11-10-19(14-23(21)28)17-6-8-18(9-7-17)22-12-13-24(31-4-2)27(30)26(22)29/h3,5-14,20,25H,4,15-16H2,1-2H3. The van der Waals surface area contributed by atoms with Crippen molar-refractivity contribution in [2.24, 2.45) is 0 Å². The molecule has 1 aliphatic rings. The second-order valence-corrected chi connectivity index (χ2v) is 7.74. The topological polar surface area (TPSA) is 27.7 Å². The van der Waals surface area contributed by atoms with E-state index in [4.69, 9.17) is 14.2 Å². The molecule has 1 heterocycles. The zero-order valence-corrected chi connectivity index (χ0v) is 18.5. The minimum Gasteiger partial charge on any atom is -0.491 e. The summed E-state index contributed by atoms with van der Waals surface area (Å²) >= 11 is 0. The number of benzene rings is 3. The SMILES string of the molecule is CC=CC1OCC(c2ccc(-c3ccc(-c4ccc(OCC)c(F)c4F)cc3)cc2F)CO1. The maximum absolute atomic E-state index is 14.9. The van der Waals surface area contributed by atoms with Crippen LogP contribution in [0, 0.1) is 17.5 Å². The third kappa shape index (κ3) is 4.97. The van der Waals surface area contributed by atoms with Crippen LogP contribution >= 0.6 is 0 Å². The van der Waals surface area contributed by atoms with Crippen LogP contribution in [0.15, 0.2) is 66.7 Å². The Morgan fingerprint density at radius 2 is 1.55 bits per heavy atom. The second-order valence-electron chi connectivity index (χ2n) is 7.74. The minimum absolute atomic E-state index is 0.114. The fraction of sp³-hybridized carbons (Fsp3) is 0.259. The summed E-state index contributed by atoms with van der Waals surface area (Å²) in [5.41, 5.74) is 2.65. The summed E-state index contributed by atoms with van der Waals surface area (Å²) < 4.78 is 59.9. The molecule has 0 aliphatic carbocycles. The third-order valence-electron chi connectivity index (χ3n) is 5.59. The largest absolute Gasteiger partial charge is 0.491 e. The molecular formula is C27H25F3O3. The van der Waals surface area contributed by atoms with E-state index in [9.17, 15) is 13.2 Å². The van der Waals surface area contributed by atoms with Gasteiger partial charge in [0.25, 0.3) is 0 Å². The van der Waals surface area contributed by atoms with Gasteiger partial charge in [0, 0.05) is 11.5 Å². The smallest absolute Gasteiger partial charge is 0.201 e. The van der Waals surface area contributed by atoms with Gasteiger partial charge in [-0.25, -0.2) is 8.78 Å². The summed E-state index contributed by atoms with van der Waals surface area (Å²) in [4.78, 5) is 0. The van der Waals surface area contributed by atoms with Gasteiger partial charge in [0.05, 0.1) is 19.8 Å². The lowest BCUT2D eigenvalue weighted by Crippen LogP contribution is -2.29. The van der Waals surface area contributed by atoms with Crippen molar-refractivity contribution >= 4 is 0 Å². The number of rotatable bonds is 6. The highest BCUT2D eigenvalue weighted by Gasteiger charge is 2.24. The number of halogens is 3. The molecule has 4 rings (SSSR count). The Morgan fingerprint density at radius 3 is 2.18 bits per heavy atom. The van der Waals surface area contributed by atoms with Crippen molar-refractivity contribution < 1.29 is 27.4 Å². The maximum atomic E-state index is 14.9. The van der Waals surface area contributed by atoms with Gasteiger partial charge in [-0.3, -0.25) is 0 Å². The first-order valence-electron chi connectivity index (χ1n) is 10.9. The first-order chi connectivity index (χ1) is 16.0. The van der Waals surface area contributed by atoms with Crippen LogP contribution in [0.1, 0.15) is 25.3 Å². The molecule has 3 aromatic carbocycles. The highest BCUT2D eigenvalue weighted by Crippen LogP contribution is 2.33. The first kappa shape index (κ1) is 23.1. The number of ether oxygens (including phenoxy) is 3. The molecule has 0 saturated carbocycles. The van der Waals surface area contributed by atoms with Gasteiger partial charge in [0.1, 0.15) is 5.82 Å². The highest BCUT2D eigenvalue weighted by molar-refractivity contribution is 5.71. The van der Waals surface area contributed by atoms with Crippen LogP contribution in [0.4, 0.5) is 13.2 Å². The van der Waals surface area contributed by atoms with E-state index in [-0.39, 0.29) is 35.9 Å². The maximum Gasteiger partial charge on any atom is 0.201 e. The van der Waals surface area contributed by atoms with E-state index in [0.29, 0.717) is 29.9 Å². The summed E-state index contributed by atoms with van der Waals surface area (Å²) in [7, 11) is 0. The average Bonchev–Trinajstić information content (AvgIpc) is 2.83. The second kappa shape index (κ2) is 10.2. The molecular weight excluding hydrogens is 429 g/mol. The van der Waals surface area contributed by atoms with Crippen LogP contribution < -0.4 is 4.74 Å². The molecule has 3 nitrogen and oxygen atoms in total. The van der Waals surface area contributed by atoms with Crippen LogP contribution in [-0.4, -0.2) is 26.1 Å². The van der Waals surface area contributed by atoms with Gasteiger partial charge in [-0.1, -0.05) is 42.5 Å². The summed E-state index contributed by atoms with van der Waals surface area (Å²) in [6.07, 6.45) is 3.28. The molecule has 1 aliphatic heterocycles. The first-order valence-corrected chi connectivity index (χ1v) is 10.9. The van der Waals surface area contributed by atoms with Crippen LogP contribution in [-0.2, 0) is 9.47 Å². The van der Waals surface area contributed by atoms with Crippen molar-refractivity contribution in [1.29, 1.82) is 0 Å². The number of allylic oxidation sites excluding steroid dienone is 1. The van der Waals surface area contributed by atoms with Gasteiger partial charge < -0.3 is 14.2 Å².